The number of hydrogen-bond acceptors (Lipinski definition) is 4. The Kier molecular flexibility index (Phi) is 4.06. The molecule has 7 rings (SSSR count). The number of ketones is 1. The standard InChI is InChI=1S/C25H23FN4O2/c1-13-16-12-17(13)23(31)19-21(16)30-20(22(19)28-15-5-3-2-4-6-15)14-7-10-27-18(11-14)29-24(32)25(26)8-9-25/h2-7,10-11,13,16-17,28,30H,8-9,12H2,1H3,(H,27,29,32)/t13-,16?,17+/m1/s1. The van der Waals surface area contributed by atoms with Crippen molar-refractivity contribution in [1.29, 1.82) is 0 Å². The number of pyridine rings is 1. The molecule has 4 aliphatic rings. The smallest absolute Gasteiger partial charge is 0.263 e. The van der Waals surface area contributed by atoms with E-state index in [9.17, 15) is 14.0 Å². The van der Waals surface area contributed by atoms with E-state index in [0.29, 0.717) is 17.7 Å². The highest BCUT2D eigenvalue weighted by molar-refractivity contribution is 6.10. The summed E-state index contributed by atoms with van der Waals surface area (Å²) in [6, 6.07) is 13.3. The number of H-pyrrole nitrogens is 1. The van der Waals surface area contributed by atoms with Crippen molar-refractivity contribution in [1.82, 2.24) is 9.97 Å². The molecule has 162 valence electrons. The third-order valence-electron chi connectivity index (χ3n) is 7.19. The van der Waals surface area contributed by atoms with E-state index < -0.39 is 11.6 Å². The Morgan fingerprint density at radius 2 is 1.97 bits per heavy atom. The second-order valence-electron chi connectivity index (χ2n) is 9.18. The van der Waals surface area contributed by atoms with E-state index in [2.05, 4.69) is 27.5 Å². The van der Waals surface area contributed by atoms with Crippen molar-refractivity contribution in [3.8, 4) is 11.3 Å². The maximum Gasteiger partial charge on any atom is 0.263 e. The molecule has 32 heavy (non-hydrogen) atoms. The van der Waals surface area contributed by atoms with Crippen molar-refractivity contribution in [3.63, 3.8) is 0 Å². The molecule has 0 aliphatic heterocycles. The maximum absolute atomic E-state index is 14.1. The van der Waals surface area contributed by atoms with Gasteiger partial charge >= 0.3 is 0 Å². The highest BCUT2D eigenvalue weighted by Crippen LogP contribution is 2.56. The second-order valence-corrected chi connectivity index (χ2v) is 9.18. The van der Waals surface area contributed by atoms with Crippen LogP contribution in [0, 0.1) is 11.8 Å². The number of Topliss-reactive ketones (excluding diaryl/α,β-unsaturated/α-hetero) is 1. The Balaban J connectivity index is 1.43. The molecule has 0 saturated heterocycles. The van der Waals surface area contributed by atoms with Gasteiger partial charge in [-0.25, -0.2) is 9.37 Å². The number of nitrogens with one attached hydrogen (secondary N) is 3. The van der Waals surface area contributed by atoms with Crippen LogP contribution in [0.25, 0.3) is 11.3 Å². The molecular formula is C25H23FN4O2. The number of benzene rings is 1. The third kappa shape index (κ3) is 2.87. The fourth-order valence-corrected chi connectivity index (χ4v) is 4.98. The minimum absolute atomic E-state index is 0.0686. The summed E-state index contributed by atoms with van der Waals surface area (Å²) in [5.74, 6) is 0.544. The van der Waals surface area contributed by atoms with Gasteiger partial charge in [-0.05, 0) is 49.4 Å². The number of hydrogen-bond donors (Lipinski definition) is 3. The lowest BCUT2D eigenvalue weighted by atomic mass is 9.57. The number of alkyl halides is 1. The Hall–Kier alpha value is -3.48. The average Bonchev–Trinajstić information content (AvgIpc) is 3.44. The fraction of sp³-hybridized carbons (Fsp3) is 0.320. The molecule has 0 spiro atoms. The van der Waals surface area contributed by atoms with Crippen molar-refractivity contribution in [2.75, 3.05) is 10.6 Å². The van der Waals surface area contributed by atoms with E-state index in [4.69, 9.17) is 0 Å². The minimum atomic E-state index is -1.77. The van der Waals surface area contributed by atoms with Gasteiger partial charge in [-0.2, -0.15) is 0 Å². The molecule has 7 heteroatoms. The zero-order chi connectivity index (χ0) is 22.0. The van der Waals surface area contributed by atoms with E-state index >= 15 is 0 Å². The van der Waals surface area contributed by atoms with Gasteiger partial charge in [0.1, 0.15) is 5.82 Å². The van der Waals surface area contributed by atoms with Gasteiger partial charge in [-0.1, -0.05) is 25.1 Å². The second kappa shape index (κ2) is 6.76. The maximum atomic E-state index is 14.1. The molecule has 6 nitrogen and oxygen atoms in total. The number of para-hydroxylation sites is 1. The van der Waals surface area contributed by atoms with Gasteiger partial charge < -0.3 is 15.6 Å². The van der Waals surface area contributed by atoms with E-state index in [1.165, 1.54) is 0 Å². The SMILES string of the molecule is C[C@@H]1C2C[C@@H]1C(=O)c1c2[nH]c(-c2ccnc(NC(=O)C3(F)CC3)c2)c1Nc1ccccc1. The molecular weight excluding hydrogens is 407 g/mol. The number of aromatic amines is 1. The van der Waals surface area contributed by atoms with Crippen molar-refractivity contribution in [3.05, 3.63) is 59.9 Å². The zero-order valence-electron chi connectivity index (χ0n) is 17.6. The molecule has 2 bridgehead atoms. The van der Waals surface area contributed by atoms with Crippen LogP contribution in [0.5, 0.6) is 0 Å². The van der Waals surface area contributed by atoms with Crippen LogP contribution in [0.1, 0.15) is 48.2 Å². The predicted octanol–water partition coefficient (Wildman–Crippen LogP) is 5.20. The van der Waals surface area contributed by atoms with Gasteiger partial charge in [0, 0.05) is 35.0 Å². The number of anilines is 3. The molecule has 3 aromatic rings. The van der Waals surface area contributed by atoms with Crippen LogP contribution < -0.4 is 10.6 Å². The number of carbonyl (C=O) groups is 2. The van der Waals surface area contributed by atoms with Crippen LogP contribution in [0.4, 0.5) is 21.6 Å². The lowest BCUT2D eigenvalue weighted by Crippen LogP contribution is -2.43. The molecule has 4 aliphatic carbocycles. The summed E-state index contributed by atoms with van der Waals surface area (Å²) in [6.07, 6.45) is 2.96. The number of carbonyl (C=O) groups excluding carboxylic acids is 2. The van der Waals surface area contributed by atoms with Gasteiger partial charge in [-0.3, -0.25) is 9.59 Å². The van der Waals surface area contributed by atoms with Crippen LogP contribution in [0.15, 0.2) is 48.7 Å². The van der Waals surface area contributed by atoms with Gasteiger partial charge in [0.2, 0.25) is 0 Å². The first kappa shape index (κ1) is 19.2. The summed E-state index contributed by atoms with van der Waals surface area (Å²) < 4.78 is 14.1. The summed E-state index contributed by atoms with van der Waals surface area (Å²) in [6.45, 7) is 2.13. The van der Waals surface area contributed by atoms with Crippen molar-refractivity contribution in [2.45, 2.75) is 37.8 Å². The van der Waals surface area contributed by atoms with Crippen molar-refractivity contribution in [2.24, 2.45) is 11.8 Å². The minimum Gasteiger partial charge on any atom is -0.356 e. The highest BCUT2D eigenvalue weighted by atomic mass is 19.1. The number of amides is 1. The lowest BCUT2D eigenvalue weighted by molar-refractivity contribution is -0.122. The summed E-state index contributed by atoms with van der Waals surface area (Å²) in [7, 11) is 0. The monoisotopic (exact) mass is 430 g/mol. The van der Waals surface area contributed by atoms with Crippen LogP contribution in [0.2, 0.25) is 0 Å². The third-order valence-corrected chi connectivity index (χ3v) is 7.19. The molecule has 2 aromatic heterocycles. The highest BCUT2D eigenvalue weighted by Gasteiger charge is 2.52. The Bertz CT molecular complexity index is 1250. The van der Waals surface area contributed by atoms with Crippen LogP contribution in [-0.2, 0) is 4.79 Å². The molecule has 1 amide bonds. The zero-order valence-corrected chi connectivity index (χ0v) is 17.6. The van der Waals surface area contributed by atoms with Crippen LogP contribution in [0.3, 0.4) is 0 Å². The number of nitrogens with zero attached hydrogens (tertiary/aromatic N) is 1. The van der Waals surface area contributed by atoms with Gasteiger partial charge in [0.25, 0.3) is 5.91 Å². The summed E-state index contributed by atoms with van der Waals surface area (Å²) in [5.41, 5.74) is 3.09. The summed E-state index contributed by atoms with van der Waals surface area (Å²) in [5, 5.41) is 6.03. The molecule has 1 aromatic carbocycles. The average molecular weight is 430 g/mol. The van der Waals surface area contributed by atoms with Crippen molar-refractivity contribution < 1.29 is 14.0 Å². The largest absolute Gasteiger partial charge is 0.356 e. The first-order valence-corrected chi connectivity index (χ1v) is 11.0. The Labute approximate surface area is 184 Å². The molecule has 2 fully saturated rings. The summed E-state index contributed by atoms with van der Waals surface area (Å²) >= 11 is 0. The molecule has 2 saturated carbocycles. The number of halogens is 1. The summed E-state index contributed by atoms with van der Waals surface area (Å²) in [4.78, 5) is 33.1. The molecule has 3 N–H and O–H groups in total. The lowest BCUT2D eigenvalue weighted by Gasteiger charge is -2.46. The Morgan fingerprint density at radius 3 is 2.69 bits per heavy atom. The van der Waals surface area contributed by atoms with E-state index in [1.807, 2.05) is 36.4 Å². The molecule has 1 unspecified atom stereocenters. The number of aromatic nitrogens is 2. The number of rotatable bonds is 5. The van der Waals surface area contributed by atoms with Gasteiger partial charge in [0.05, 0.1) is 16.9 Å². The quantitative estimate of drug-likeness (QED) is 0.519. The Morgan fingerprint density at radius 1 is 1.19 bits per heavy atom. The van der Waals surface area contributed by atoms with E-state index in [1.54, 1.807) is 12.3 Å². The van der Waals surface area contributed by atoms with E-state index in [-0.39, 0.29) is 24.5 Å². The van der Waals surface area contributed by atoms with Crippen LogP contribution in [-0.4, -0.2) is 27.3 Å². The van der Waals surface area contributed by atoms with Crippen LogP contribution >= 0.6 is 0 Å². The van der Waals surface area contributed by atoms with Gasteiger partial charge in [0.15, 0.2) is 11.5 Å². The molecule has 2 heterocycles. The first-order chi connectivity index (χ1) is 15.4. The molecule has 0 radical (unpaired) electrons. The van der Waals surface area contributed by atoms with Crippen molar-refractivity contribution >= 4 is 28.9 Å². The normalized spacial score (nSPS) is 24.3. The predicted molar refractivity (Wildman–Crippen MR) is 120 cm³/mol. The first-order valence-electron chi connectivity index (χ1n) is 11.0. The topological polar surface area (TPSA) is 86.9 Å². The van der Waals surface area contributed by atoms with E-state index in [0.717, 1.165) is 40.3 Å². The van der Waals surface area contributed by atoms with Gasteiger partial charge in [-0.15, -0.1) is 0 Å². The molecule has 3 atom stereocenters. The fourth-order valence-electron chi connectivity index (χ4n) is 4.98.